The van der Waals surface area contributed by atoms with Crippen LogP contribution in [0.25, 0.3) is 0 Å². The smallest absolute Gasteiger partial charge is 0.171 e. The van der Waals surface area contributed by atoms with Crippen LogP contribution in [0.15, 0.2) is 23.5 Å². The molecular formula is C11H16N4O3S. The average Bonchev–Trinajstić information content (AvgIpc) is 2.37. The van der Waals surface area contributed by atoms with Crippen LogP contribution in [0.1, 0.15) is 12.5 Å². The van der Waals surface area contributed by atoms with Gasteiger partial charge in [0.2, 0.25) is 0 Å². The second kappa shape index (κ2) is 5.04. The summed E-state index contributed by atoms with van der Waals surface area (Å²) in [5.41, 5.74) is 5.97. The Morgan fingerprint density at radius 3 is 2.84 bits per heavy atom. The highest BCUT2D eigenvalue weighted by molar-refractivity contribution is 7.91. The van der Waals surface area contributed by atoms with E-state index in [1.807, 2.05) is 11.8 Å². The summed E-state index contributed by atoms with van der Waals surface area (Å²) in [6.07, 6.45) is 1.50. The van der Waals surface area contributed by atoms with Gasteiger partial charge in [-0.3, -0.25) is 0 Å². The van der Waals surface area contributed by atoms with Gasteiger partial charge < -0.3 is 15.8 Å². The van der Waals surface area contributed by atoms with Crippen LogP contribution in [-0.4, -0.2) is 48.5 Å². The second-order valence-electron chi connectivity index (χ2n) is 4.55. The van der Waals surface area contributed by atoms with Gasteiger partial charge in [-0.2, -0.15) is 0 Å². The lowest BCUT2D eigenvalue weighted by molar-refractivity contribution is 0.318. The van der Waals surface area contributed by atoms with E-state index in [1.54, 1.807) is 12.1 Å². The van der Waals surface area contributed by atoms with Crippen LogP contribution >= 0.6 is 0 Å². The lowest BCUT2D eigenvalue weighted by Crippen LogP contribution is -2.47. The molecule has 7 nitrogen and oxygen atoms in total. The van der Waals surface area contributed by atoms with Crippen molar-refractivity contribution < 1.29 is 13.6 Å². The van der Waals surface area contributed by atoms with Crippen molar-refractivity contribution in [2.75, 3.05) is 23.0 Å². The molecule has 0 radical (unpaired) electrons. The summed E-state index contributed by atoms with van der Waals surface area (Å²) < 4.78 is 23.0. The van der Waals surface area contributed by atoms with Gasteiger partial charge >= 0.3 is 0 Å². The SMILES string of the molecule is CC1CS(=O)(=O)CCN1c1ccc(/C(N)=N/O)cn1. The first kappa shape index (κ1) is 13.6. The number of oxime groups is 1. The first-order chi connectivity index (χ1) is 8.93. The van der Waals surface area contributed by atoms with Crippen molar-refractivity contribution in [1.29, 1.82) is 0 Å². The van der Waals surface area contributed by atoms with Gasteiger partial charge in [-0.25, -0.2) is 13.4 Å². The molecule has 1 aliphatic heterocycles. The molecule has 0 aromatic carbocycles. The Morgan fingerprint density at radius 1 is 1.58 bits per heavy atom. The third-order valence-electron chi connectivity index (χ3n) is 3.12. The van der Waals surface area contributed by atoms with E-state index in [4.69, 9.17) is 10.9 Å². The number of amidine groups is 1. The van der Waals surface area contributed by atoms with Crippen LogP contribution in [0.5, 0.6) is 0 Å². The highest BCUT2D eigenvalue weighted by Gasteiger charge is 2.28. The van der Waals surface area contributed by atoms with Gasteiger partial charge in [0.25, 0.3) is 0 Å². The summed E-state index contributed by atoms with van der Waals surface area (Å²) in [6, 6.07) is 3.32. The Kier molecular flexibility index (Phi) is 3.61. The third kappa shape index (κ3) is 2.95. The fourth-order valence-electron chi connectivity index (χ4n) is 2.10. The van der Waals surface area contributed by atoms with Crippen molar-refractivity contribution in [1.82, 2.24) is 4.98 Å². The Balaban J connectivity index is 2.19. The molecule has 1 aliphatic rings. The van der Waals surface area contributed by atoms with Gasteiger partial charge in [0.15, 0.2) is 15.7 Å². The van der Waals surface area contributed by atoms with E-state index in [9.17, 15) is 8.42 Å². The number of hydrogen-bond acceptors (Lipinski definition) is 6. The maximum absolute atomic E-state index is 11.5. The molecule has 3 N–H and O–H groups in total. The summed E-state index contributed by atoms with van der Waals surface area (Å²) >= 11 is 0. The molecule has 1 atom stereocenters. The summed E-state index contributed by atoms with van der Waals surface area (Å²) in [7, 11) is -2.94. The number of sulfone groups is 1. The first-order valence-corrected chi connectivity index (χ1v) is 7.66. The maximum Gasteiger partial charge on any atom is 0.171 e. The monoisotopic (exact) mass is 284 g/mol. The molecule has 0 saturated carbocycles. The molecule has 19 heavy (non-hydrogen) atoms. The Hall–Kier alpha value is -1.83. The molecule has 1 aromatic rings. The minimum absolute atomic E-state index is 0.00618. The summed E-state index contributed by atoms with van der Waals surface area (Å²) in [5.74, 6) is 0.961. The normalized spacial score (nSPS) is 23.3. The summed E-state index contributed by atoms with van der Waals surface area (Å²) in [4.78, 5) is 6.17. The Labute approximate surface area is 111 Å². The highest BCUT2D eigenvalue weighted by Crippen LogP contribution is 2.19. The molecule has 0 bridgehead atoms. The van der Waals surface area contributed by atoms with E-state index in [0.717, 1.165) is 0 Å². The first-order valence-electron chi connectivity index (χ1n) is 5.84. The van der Waals surface area contributed by atoms with E-state index in [-0.39, 0.29) is 23.4 Å². The van der Waals surface area contributed by atoms with Gasteiger partial charge in [-0.15, -0.1) is 0 Å². The molecule has 0 spiro atoms. The molecule has 0 amide bonds. The van der Waals surface area contributed by atoms with Crippen molar-refractivity contribution in [3.8, 4) is 0 Å². The number of nitrogens with two attached hydrogens (primary N) is 1. The fraction of sp³-hybridized carbons (Fsp3) is 0.455. The number of hydrogen-bond donors (Lipinski definition) is 2. The van der Waals surface area contributed by atoms with E-state index < -0.39 is 9.84 Å². The average molecular weight is 284 g/mol. The van der Waals surface area contributed by atoms with Crippen LogP contribution in [0, 0.1) is 0 Å². The van der Waals surface area contributed by atoms with Gasteiger partial charge in [0.05, 0.1) is 11.5 Å². The van der Waals surface area contributed by atoms with Crippen molar-refractivity contribution in [2.24, 2.45) is 10.9 Å². The second-order valence-corrected chi connectivity index (χ2v) is 6.78. The summed E-state index contributed by atoms with van der Waals surface area (Å²) in [6.45, 7) is 2.29. The van der Waals surface area contributed by atoms with Gasteiger partial charge in [-0.05, 0) is 19.1 Å². The maximum atomic E-state index is 11.5. The van der Waals surface area contributed by atoms with Crippen LogP contribution in [0.4, 0.5) is 5.82 Å². The van der Waals surface area contributed by atoms with Crippen molar-refractivity contribution in [3.63, 3.8) is 0 Å². The summed E-state index contributed by atoms with van der Waals surface area (Å²) in [5, 5.41) is 11.5. The number of rotatable bonds is 2. The predicted octanol–water partition coefficient (Wildman–Crippen LogP) is -0.201. The van der Waals surface area contributed by atoms with Crippen LogP contribution in [0.3, 0.4) is 0 Å². The minimum Gasteiger partial charge on any atom is -0.409 e. The van der Waals surface area contributed by atoms with E-state index in [2.05, 4.69) is 10.1 Å². The van der Waals surface area contributed by atoms with E-state index in [1.165, 1.54) is 6.20 Å². The fourth-order valence-corrected chi connectivity index (χ4v) is 3.66. The number of nitrogens with zero attached hydrogens (tertiary/aromatic N) is 3. The lowest BCUT2D eigenvalue weighted by atomic mass is 10.2. The molecule has 1 aromatic heterocycles. The van der Waals surface area contributed by atoms with Crippen LogP contribution < -0.4 is 10.6 Å². The minimum atomic E-state index is -2.94. The number of anilines is 1. The van der Waals surface area contributed by atoms with Gasteiger partial charge in [0.1, 0.15) is 5.82 Å². The topological polar surface area (TPSA) is 109 Å². The van der Waals surface area contributed by atoms with Gasteiger partial charge in [0, 0.05) is 24.3 Å². The zero-order valence-corrected chi connectivity index (χ0v) is 11.3. The molecule has 0 aliphatic carbocycles. The standard InChI is InChI=1S/C11H16N4O3S/c1-8-7-19(17,18)5-4-15(8)10-3-2-9(6-13-10)11(12)14-16/h2-3,6,8,16H,4-5,7H2,1H3,(H2,12,14). The predicted molar refractivity (Wildman–Crippen MR) is 72.2 cm³/mol. The van der Waals surface area contributed by atoms with E-state index in [0.29, 0.717) is 17.9 Å². The molecule has 1 unspecified atom stereocenters. The van der Waals surface area contributed by atoms with Crippen LogP contribution in [-0.2, 0) is 9.84 Å². The molecule has 1 saturated heterocycles. The zero-order chi connectivity index (χ0) is 14.0. The molecule has 104 valence electrons. The van der Waals surface area contributed by atoms with Crippen molar-refractivity contribution >= 4 is 21.5 Å². The Morgan fingerprint density at radius 2 is 2.32 bits per heavy atom. The molecule has 2 rings (SSSR count). The molecule has 8 heteroatoms. The molecule has 2 heterocycles. The Bertz CT molecular complexity index is 582. The van der Waals surface area contributed by atoms with E-state index >= 15 is 0 Å². The third-order valence-corrected chi connectivity index (χ3v) is 4.91. The van der Waals surface area contributed by atoms with Gasteiger partial charge in [-0.1, -0.05) is 5.16 Å². The number of aromatic nitrogens is 1. The molecular weight excluding hydrogens is 268 g/mol. The highest BCUT2D eigenvalue weighted by atomic mass is 32.2. The largest absolute Gasteiger partial charge is 0.409 e. The zero-order valence-electron chi connectivity index (χ0n) is 10.5. The van der Waals surface area contributed by atoms with Crippen molar-refractivity contribution in [2.45, 2.75) is 13.0 Å². The van der Waals surface area contributed by atoms with Crippen molar-refractivity contribution in [3.05, 3.63) is 23.9 Å². The van der Waals surface area contributed by atoms with Crippen LogP contribution in [0.2, 0.25) is 0 Å². The molecule has 1 fully saturated rings. The number of pyridine rings is 1. The quantitative estimate of drug-likeness (QED) is 0.337. The lowest BCUT2D eigenvalue weighted by Gasteiger charge is -2.34.